The molecule has 204 valence electrons. The Balaban J connectivity index is 1.56. The van der Waals surface area contributed by atoms with Gasteiger partial charge in [0.1, 0.15) is 11.2 Å². The van der Waals surface area contributed by atoms with Gasteiger partial charge in [-0.15, -0.1) is 0 Å². The Morgan fingerprint density at radius 1 is 1.10 bits per heavy atom. The Labute approximate surface area is 234 Å². The minimum Gasteiger partial charge on any atom is -0.444 e. The molecule has 0 bridgehead atoms. The Hall–Kier alpha value is -3.62. The number of hydrogen-bond donors (Lipinski definition) is 1. The van der Waals surface area contributed by atoms with Crippen molar-refractivity contribution in [3.05, 3.63) is 88.4 Å². The van der Waals surface area contributed by atoms with Crippen LogP contribution < -0.4 is 0 Å². The smallest absolute Gasteiger partial charge is 0.410 e. The SMILES string of the molecule is Cn1cncc1[C@@](C)(O)C1=Cc2cccnc2C(=CN2CCN(C(=O)OC(C)(C)C)CC2)c2ccc(Cl)cc21. The average molecular weight is 548 g/mol. The molecule has 3 heterocycles. The molecule has 1 aliphatic heterocycles. The maximum atomic E-state index is 12.6. The molecule has 1 amide bonds. The van der Waals surface area contributed by atoms with Gasteiger partial charge in [0, 0.05) is 61.8 Å². The van der Waals surface area contributed by atoms with Crippen LogP contribution in [0.4, 0.5) is 4.79 Å². The summed E-state index contributed by atoms with van der Waals surface area (Å²) in [5.41, 5.74) is 3.85. The molecular formula is C30H34ClN5O3. The predicted octanol–water partition coefficient (Wildman–Crippen LogP) is 5.17. The number of hydrogen-bond acceptors (Lipinski definition) is 6. The van der Waals surface area contributed by atoms with Gasteiger partial charge in [-0.1, -0.05) is 23.7 Å². The Kier molecular flexibility index (Phi) is 7.03. The van der Waals surface area contributed by atoms with Gasteiger partial charge in [0.15, 0.2) is 0 Å². The molecule has 39 heavy (non-hydrogen) atoms. The Bertz CT molecular complexity index is 1460. The molecule has 2 aromatic heterocycles. The van der Waals surface area contributed by atoms with E-state index >= 15 is 0 Å². The van der Waals surface area contributed by atoms with Crippen LogP contribution in [0.5, 0.6) is 0 Å². The highest BCUT2D eigenvalue weighted by atomic mass is 35.5. The summed E-state index contributed by atoms with van der Waals surface area (Å²) in [6.45, 7) is 9.82. The third-order valence-corrected chi connectivity index (χ3v) is 7.31. The quantitative estimate of drug-likeness (QED) is 0.487. The first kappa shape index (κ1) is 27.0. The number of nitrogens with zero attached hydrogens (tertiary/aromatic N) is 5. The molecular weight excluding hydrogens is 514 g/mol. The summed E-state index contributed by atoms with van der Waals surface area (Å²) >= 11 is 6.52. The molecule has 0 unspecified atom stereocenters. The number of fused-ring (bicyclic) bond motifs is 2. The maximum absolute atomic E-state index is 12.6. The topological polar surface area (TPSA) is 83.7 Å². The zero-order valence-electron chi connectivity index (χ0n) is 23.0. The van der Waals surface area contributed by atoms with Gasteiger partial charge in [-0.3, -0.25) is 4.98 Å². The van der Waals surface area contributed by atoms with Crippen molar-refractivity contribution in [1.82, 2.24) is 24.3 Å². The van der Waals surface area contributed by atoms with Crippen molar-refractivity contribution in [3.8, 4) is 0 Å². The molecule has 1 atom stereocenters. The molecule has 1 aliphatic carbocycles. The van der Waals surface area contributed by atoms with Crippen LogP contribution in [0.1, 0.15) is 55.8 Å². The van der Waals surface area contributed by atoms with Crippen molar-refractivity contribution in [2.45, 2.75) is 38.9 Å². The summed E-state index contributed by atoms with van der Waals surface area (Å²) in [5, 5.41) is 12.5. The standard InChI is InChI=1S/C30H34ClN5O3/c1-29(2,3)39-28(37)36-13-11-35(12-14-36)18-24-22-9-8-21(31)16-23(22)25(15-20-7-6-10-33-27(20)24)30(4,38)26-17-32-19-34(26)5/h6-10,15-19,38H,11-14H2,1-5H3/t30-/m0/s1. The van der Waals surface area contributed by atoms with E-state index in [-0.39, 0.29) is 6.09 Å². The largest absolute Gasteiger partial charge is 0.444 e. The van der Waals surface area contributed by atoms with Crippen molar-refractivity contribution < 1.29 is 14.6 Å². The van der Waals surface area contributed by atoms with Gasteiger partial charge in [-0.25, -0.2) is 9.78 Å². The van der Waals surface area contributed by atoms with Gasteiger partial charge in [-0.2, -0.15) is 0 Å². The van der Waals surface area contributed by atoms with Crippen LogP contribution in [0.3, 0.4) is 0 Å². The number of imidazole rings is 1. The van der Waals surface area contributed by atoms with Crippen molar-refractivity contribution in [2.24, 2.45) is 7.05 Å². The van der Waals surface area contributed by atoms with Crippen LogP contribution in [0.15, 0.2) is 55.3 Å². The van der Waals surface area contributed by atoms with E-state index in [0.29, 0.717) is 42.5 Å². The highest BCUT2D eigenvalue weighted by Gasteiger charge is 2.36. The molecule has 0 saturated carbocycles. The van der Waals surface area contributed by atoms with Crippen LogP contribution >= 0.6 is 11.6 Å². The number of ether oxygens (including phenoxy) is 1. The summed E-state index contributed by atoms with van der Waals surface area (Å²) in [6, 6.07) is 9.64. The number of aromatic nitrogens is 3. The summed E-state index contributed by atoms with van der Waals surface area (Å²) < 4.78 is 7.38. The van der Waals surface area contributed by atoms with Crippen LogP contribution in [0.25, 0.3) is 17.2 Å². The van der Waals surface area contributed by atoms with Crippen molar-refractivity contribution >= 4 is 34.9 Å². The number of carbonyl (C=O) groups is 1. The van der Waals surface area contributed by atoms with E-state index in [1.54, 1.807) is 30.5 Å². The molecule has 2 aliphatic rings. The second-order valence-corrected chi connectivity index (χ2v) is 11.6. The van der Waals surface area contributed by atoms with Crippen molar-refractivity contribution in [3.63, 3.8) is 0 Å². The number of amides is 1. The normalized spacial score (nSPS) is 18.1. The van der Waals surface area contributed by atoms with Crippen LogP contribution in [-0.4, -0.2) is 67.3 Å². The minimum atomic E-state index is -1.35. The second kappa shape index (κ2) is 10.2. The zero-order chi connectivity index (χ0) is 27.9. The van der Waals surface area contributed by atoms with E-state index in [4.69, 9.17) is 21.3 Å². The Morgan fingerprint density at radius 3 is 2.51 bits per heavy atom. The summed E-state index contributed by atoms with van der Waals surface area (Å²) in [6.07, 6.45) is 8.95. The monoisotopic (exact) mass is 547 g/mol. The molecule has 3 aromatic rings. The van der Waals surface area contributed by atoms with Gasteiger partial charge in [0.05, 0.1) is 23.9 Å². The van der Waals surface area contributed by atoms with E-state index in [0.717, 1.165) is 28.0 Å². The lowest BCUT2D eigenvalue weighted by Gasteiger charge is -2.35. The van der Waals surface area contributed by atoms with Gasteiger partial charge in [-0.05, 0) is 68.7 Å². The van der Waals surface area contributed by atoms with E-state index in [9.17, 15) is 9.90 Å². The van der Waals surface area contributed by atoms with Gasteiger partial charge in [0.2, 0.25) is 0 Å². The van der Waals surface area contributed by atoms with E-state index in [1.165, 1.54) is 0 Å². The first-order chi connectivity index (χ1) is 18.4. The molecule has 0 spiro atoms. The van der Waals surface area contributed by atoms with Crippen LogP contribution in [-0.2, 0) is 17.4 Å². The second-order valence-electron chi connectivity index (χ2n) is 11.2. The number of benzene rings is 1. The highest BCUT2D eigenvalue weighted by Crippen LogP contribution is 2.45. The third kappa shape index (κ3) is 5.44. The summed E-state index contributed by atoms with van der Waals surface area (Å²) in [7, 11) is 1.87. The number of aliphatic hydroxyl groups is 1. The van der Waals surface area contributed by atoms with E-state index in [2.05, 4.69) is 16.1 Å². The predicted molar refractivity (Wildman–Crippen MR) is 153 cm³/mol. The average Bonchev–Trinajstić information content (AvgIpc) is 3.27. The number of piperazine rings is 1. The van der Waals surface area contributed by atoms with Gasteiger partial charge < -0.3 is 24.2 Å². The lowest BCUT2D eigenvalue weighted by atomic mass is 9.84. The molecule has 1 saturated heterocycles. The maximum Gasteiger partial charge on any atom is 0.410 e. The fourth-order valence-corrected chi connectivity index (χ4v) is 5.31. The summed E-state index contributed by atoms with van der Waals surface area (Å²) in [4.78, 5) is 25.5. The molecule has 5 rings (SSSR count). The van der Waals surface area contributed by atoms with Crippen molar-refractivity contribution in [1.29, 1.82) is 0 Å². The van der Waals surface area contributed by atoms with Crippen LogP contribution in [0.2, 0.25) is 5.02 Å². The molecule has 1 fully saturated rings. The van der Waals surface area contributed by atoms with E-state index in [1.807, 2.05) is 68.8 Å². The van der Waals surface area contributed by atoms with Gasteiger partial charge >= 0.3 is 6.09 Å². The molecule has 1 aromatic carbocycles. The molecule has 0 radical (unpaired) electrons. The third-order valence-electron chi connectivity index (χ3n) is 7.07. The molecule has 1 N–H and O–H groups in total. The highest BCUT2D eigenvalue weighted by molar-refractivity contribution is 6.31. The first-order valence-corrected chi connectivity index (χ1v) is 13.4. The number of aryl methyl sites for hydroxylation is 1. The fourth-order valence-electron chi connectivity index (χ4n) is 5.13. The number of halogens is 1. The molecule has 8 nitrogen and oxygen atoms in total. The van der Waals surface area contributed by atoms with E-state index < -0.39 is 11.2 Å². The zero-order valence-corrected chi connectivity index (χ0v) is 23.7. The lowest BCUT2D eigenvalue weighted by Crippen LogP contribution is -2.48. The van der Waals surface area contributed by atoms with Crippen molar-refractivity contribution in [2.75, 3.05) is 26.2 Å². The lowest BCUT2D eigenvalue weighted by molar-refractivity contribution is 0.0177. The number of rotatable bonds is 3. The minimum absolute atomic E-state index is 0.289. The number of pyridine rings is 1. The molecule has 9 heteroatoms. The van der Waals surface area contributed by atoms with Crippen LogP contribution in [0, 0.1) is 0 Å². The Morgan fingerprint density at radius 2 is 1.85 bits per heavy atom. The fraction of sp³-hybridized carbons (Fsp3) is 0.367. The van der Waals surface area contributed by atoms with Gasteiger partial charge in [0.25, 0.3) is 0 Å². The summed E-state index contributed by atoms with van der Waals surface area (Å²) in [5.74, 6) is 0. The number of carbonyl (C=O) groups excluding carboxylic acids is 1. The first-order valence-electron chi connectivity index (χ1n) is 13.0.